The summed E-state index contributed by atoms with van der Waals surface area (Å²) >= 11 is 6.74. The highest BCUT2D eigenvalue weighted by molar-refractivity contribution is 7.80. The Bertz CT molecular complexity index is 953. The van der Waals surface area contributed by atoms with E-state index in [4.69, 9.17) is 22.4 Å². The fraction of sp³-hybridized carbons (Fsp3) is 0.381. The second kappa shape index (κ2) is 8.51. The molecule has 2 aromatic rings. The molecule has 1 unspecified atom stereocenters. The highest BCUT2D eigenvalue weighted by atomic mass is 32.1. The molecule has 0 aliphatic heterocycles. The van der Waals surface area contributed by atoms with Crippen LogP contribution >= 0.6 is 23.6 Å². The molecular weight excluding hydrogens is 406 g/mol. The second-order valence-electron chi connectivity index (χ2n) is 8.17. The highest BCUT2D eigenvalue weighted by Gasteiger charge is 2.33. The van der Waals surface area contributed by atoms with E-state index in [9.17, 15) is 9.59 Å². The number of hydrogen-bond donors (Lipinski definition) is 3. The number of carbonyl (C=O) groups excluding carboxylic acids is 2. The van der Waals surface area contributed by atoms with Crippen molar-refractivity contribution in [3.63, 3.8) is 0 Å². The molecule has 2 heterocycles. The number of nitrogens with one attached hydrogen (secondary N) is 2. The van der Waals surface area contributed by atoms with Crippen molar-refractivity contribution in [1.82, 2.24) is 5.32 Å². The maximum Gasteiger partial charge on any atom is 0.251 e. The molecule has 29 heavy (non-hydrogen) atoms. The van der Waals surface area contributed by atoms with Crippen molar-refractivity contribution in [1.29, 1.82) is 0 Å². The molecule has 0 saturated carbocycles. The van der Waals surface area contributed by atoms with Gasteiger partial charge in [-0.15, -0.1) is 11.3 Å². The van der Waals surface area contributed by atoms with Gasteiger partial charge in [-0.25, -0.2) is 0 Å². The molecule has 0 radical (unpaired) electrons. The van der Waals surface area contributed by atoms with Crippen molar-refractivity contribution in [3.8, 4) is 0 Å². The monoisotopic (exact) mass is 431 g/mol. The molecule has 4 N–H and O–H groups in total. The molecule has 154 valence electrons. The average molecular weight is 432 g/mol. The second-order valence-corrected chi connectivity index (χ2v) is 9.68. The SMILES string of the molecule is CC(C)(C)C1CCc2c(sc(NC(=S)NC(=O)/C=C/c3ccco3)c2C(N)=O)C1. The number of thiophene rings is 1. The summed E-state index contributed by atoms with van der Waals surface area (Å²) in [6, 6.07) is 3.47. The first-order chi connectivity index (χ1) is 13.6. The summed E-state index contributed by atoms with van der Waals surface area (Å²) < 4.78 is 5.14. The van der Waals surface area contributed by atoms with E-state index in [0.29, 0.717) is 22.2 Å². The van der Waals surface area contributed by atoms with Gasteiger partial charge in [0, 0.05) is 11.0 Å². The van der Waals surface area contributed by atoms with E-state index in [2.05, 4.69) is 31.4 Å². The van der Waals surface area contributed by atoms with E-state index in [-0.39, 0.29) is 10.5 Å². The van der Waals surface area contributed by atoms with E-state index in [1.807, 2.05) is 0 Å². The number of thiocarbonyl (C=S) groups is 1. The lowest BCUT2D eigenvalue weighted by Crippen LogP contribution is -2.33. The zero-order valence-corrected chi connectivity index (χ0v) is 18.3. The van der Waals surface area contributed by atoms with Gasteiger partial charge in [0.1, 0.15) is 10.8 Å². The van der Waals surface area contributed by atoms with Crippen LogP contribution in [0.25, 0.3) is 6.08 Å². The Morgan fingerprint density at radius 3 is 2.76 bits per heavy atom. The van der Waals surface area contributed by atoms with Crippen LogP contribution in [-0.4, -0.2) is 16.9 Å². The van der Waals surface area contributed by atoms with Crippen molar-refractivity contribution in [2.75, 3.05) is 5.32 Å². The predicted molar refractivity (Wildman–Crippen MR) is 120 cm³/mol. The maximum atomic E-state index is 12.1. The quantitative estimate of drug-likeness (QED) is 0.500. The topological polar surface area (TPSA) is 97.4 Å². The van der Waals surface area contributed by atoms with Gasteiger partial charge in [0.05, 0.1) is 11.8 Å². The molecule has 1 aliphatic carbocycles. The molecule has 1 aliphatic rings. The first kappa shape index (κ1) is 21.3. The number of carbonyl (C=O) groups is 2. The summed E-state index contributed by atoms with van der Waals surface area (Å²) in [4.78, 5) is 25.3. The molecule has 8 heteroatoms. The number of amides is 2. The van der Waals surface area contributed by atoms with Gasteiger partial charge in [-0.2, -0.15) is 0 Å². The van der Waals surface area contributed by atoms with E-state index >= 15 is 0 Å². The zero-order valence-electron chi connectivity index (χ0n) is 16.7. The summed E-state index contributed by atoms with van der Waals surface area (Å²) in [5.74, 6) is 0.231. The van der Waals surface area contributed by atoms with Crippen LogP contribution in [0.15, 0.2) is 28.9 Å². The Labute approximate surface area is 179 Å². The first-order valence-corrected chi connectivity index (χ1v) is 10.7. The van der Waals surface area contributed by atoms with Gasteiger partial charge >= 0.3 is 0 Å². The van der Waals surface area contributed by atoms with Gasteiger partial charge in [0.15, 0.2) is 5.11 Å². The van der Waals surface area contributed by atoms with E-state index in [0.717, 1.165) is 24.8 Å². The number of furan rings is 1. The van der Waals surface area contributed by atoms with Crippen LogP contribution in [-0.2, 0) is 17.6 Å². The third-order valence-corrected chi connectivity index (χ3v) is 6.52. The summed E-state index contributed by atoms with van der Waals surface area (Å²) in [6.07, 6.45) is 7.15. The highest BCUT2D eigenvalue weighted by Crippen LogP contribution is 2.44. The molecule has 1 atom stereocenters. The summed E-state index contributed by atoms with van der Waals surface area (Å²) in [6.45, 7) is 6.72. The standard InChI is InChI=1S/C21H25N3O3S2/c1-21(2,3)12-6-8-14-15(11-12)29-19(17(14)18(22)26)24-20(28)23-16(25)9-7-13-5-4-10-27-13/h4-5,7,9-10,12H,6,8,11H2,1-3H3,(H2,22,26)(H2,23,24,25,28)/b9-7+. The lowest BCUT2D eigenvalue weighted by atomic mass is 9.72. The van der Waals surface area contributed by atoms with Crippen molar-refractivity contribution in [2.45, 2.75) is 40.0 Å². The largest absolute Gasteiger partial charge is 0.465 e. The van der Waals surface area contributed by atoms with Crippen LogP contribution < -0.4 is 16.4 Å². The number of rotatable bonds is 4. The predicted octanol–water partition coefficient (Wildman–Crippen LogP) is 4.12. The van der Waals surface area contributed by atoms with Crippen LogP contribution in [0.4, 0.5) is 5.00 Å². The molecule has 3 rings (SSSR count). The van der Waals surface area contributed by atoms with Gasteiger partial charge in [0.2, 0.25) is 5.91 Å². The molecule has 0 aromatic carbocycles. The van der Waals surface area contributed by atoms with Gasteiger partial charge in [-0.05, 0) is 66.6 Å². The van der Waals surface area contributed by atoms with Crippen LogP contribution in [0.2, 0.25) is 0 Å². The van der Waals surface area contributed by atoms with Crippen LogP contribution in [0.3, 0.4) is 0 Å². The van der Waals surface area contributed by atoms with Gasteiger partial charge in [0.25, 0.3) is 5.91 Å². The smallest absolute Gasteiger partial charge is 0.251 e. The minimum Gasteiger partial charge on any atom is -0.465 e. The maximum absolute atomic E-state index is 12.1. The molecule has 0 spiro atoms. The minimum absolute atomic E-state index is 0.118. The van der Waals surface area contributed by atoms with Crippen molar-refractivity contribution < 1.29 is 14.0 Å². The molecule has 2 amide bonds. The molecule has 0 bridgehead atoms. The van der Waals surface area contributed by atoms with Crippen molar-refractivity contribution in [2.24, 2.45) is 17.1 Å². The summed E-state index contributed by atoms with van der Waals surface area (Å²) in [7, 11) is 0. The lowest BCUT2D eigenvalue weighted by molar-refractivity contribution is -0.115. The first-order valence-electron chi connectivity index (χ1n) is 9.43. The van der Waals surface area contributed by atoms with Gasteiger partial charge < -0.3 is 15.5 Å². The molecule has 6 nitrogen and oxygen atoms in total. The Balaban J connectivity index is 1.72. The number of nitrogens with two attached hydrogens (primary N) is 1. The van der Waals surface area contributed by atoms with E-state index in [1.54, 1.807) is 18.2 Å². The third kappa shape index (κ3) is 5.13. The average Bonchev–Trinajstić information content (AvgIpc) is 3.25. The summed E-state index contributed by atoms with van der Waals surface area (Å²) in [5, 5.41) is 6.28. The Kier molecular flexibility index (Phi) is 6.24. The van der Waals surface area contributed by atoms with Crippen molar-refractivity contribution >= 4 is 51.6 Å². The van der Waals surface area contributed by atoms with Crippen LogP contribution in [0.1, 0.15) is 53.8 Å². The lowest BCUT2D eigenvalue weighted by Gasteiger charge is -2.33. The summed E-state index contributed by atoms with van der Waals surface area (Å²) in [5.41, 5.74) is 7.36. The van der Waals surface area contributed by atoms with E-state index < -0.39 is 11.8 Å². The number of fused-ring (bicyclic) bond motifs is 1. The Hall–Kier alpha value is -2.45. The Morgan fingerprint density at radius 1 is 1.38 bits per heavy atom. The minimum atomic E-state index is -0.481. The van der Waals surface area contributed by atoms with Crippen molar-refractivity contribution in [3.05, 3.63) is 46.2 Å². The Morgan fingerprint density at radius 2 is 2.14 bits per heavy atom. The van der Waals surface area contributed by atoms with Gasteiger partial charge in [-0.3, -0.25) is 14.9 Å². The molecule has 0 saturated heterocycles. The van der Waals surface area contributed by atoms with E-state index in [1.165, 1.54) is 28.6 Å². The van der Waals surface area contributed by atoms with Crippen LogP contribution in [0, 0.1) is 11.3 Å². The number of anilines is 1. The third-order valence-electron chi connectivity index (χ3n) is 5.14. The van der Waals surface area contributed by atoms with Crippen LogP contribution in [0.5, 0.6) is 0 Å². The fourth-order valence-electron chi connectivity index (χ4n) is 3.51. The normalized spacial score (nSPS) is 16.4. The van der Waals surface area contributed by atoms with Gasteiger partial charge in [-0.1, -0.05) is 20.8 Å². The zero-order chi connectivity index (χ0) is 21.2. The fourth-order valence-corrected chi connectivity index (χ4v) is 5.11. The number of hydrogen-bond acceptors (Lipinski definition) is 5. The molecular formula is C21H25N3O3S2. The molecule has 2 aromatic heterocycles. The molecule has 0 fully saturated rings. The number of primary amides is 1.